The molecule has 0 unspecified atom stereocenters. The van der Waals surface area contributed by atoms with E-state index in [1.165, 1.54) is 7.11 Å². The third-order valence-electron chi connectivity index (χ3n) is 3.56. The minimum atomic E-state index is -4.81. The van der Waals surface area contributed by atoms with Crippen LogP contribution in [-0.4, -0.2) is 32.4 Å². The summed E-state index contributed by atoms with van der Waals surface area (Å²) in [6, 6.07) is 1.67. The lowest BCUT2D eigenvalue weighted by molar-refractivity contribution is -0.147. The summed E-state index contributed by atoms with van der Waals surface area (Å²) in [4.78, 5) is 28.5. The van der Waals surface area contributed by atoms with Crippen LogP contribution < -0.4 is 11.2 Å². The molecule has 0 aromatic carbocycles. The van der Waals surface area contributed by atoms with E-state index in [9.17, 15) is 22.8 Å². The molecule has 136 valence electrons. The van der Waals surface area contributed by atoms with E-state index in [4.69, 9.17) is 10.00 Å². The molecule has 2 rings (SSSR count). The Morgan fingerprint density at radius 3 is 2.40 bits per heavy atom. The number of methoxy groups -OCH3 is 1. The second-order valence-corrected chi connectivity index (χ2v) is 5.23. The first-order chi connectivity index (χ1) is 11.8. The predicted octanol–water partition coefficient (Wildman–Crippen LogP) is 0.958. The molecule has 11 heteroatoms. The number of fused-ring (bicyclic) bond motifs is 1. The van der Waals surface area contributed by atoms with Crippen LogP contribution in [0.2, 0.25) is 0 Å². The van der Waals surface area contributed by atoms with Crippen LogP contribution >= 0.6 is 0 Å². The fourth-order valence-corrected chi connectivity index (χ4v) is 2.54. The SMILES string of the molecule is CCCn1c(=O)n(CC#N)c(=O)c2c1nc(C(F)(F)F)n2CCOC. The first-order valence-electron chi connectivity index (χ1n) is 7.44. The number of aryl methyl sites for hydroxylation is 1. The second-order valence-electron chi connectivity index (χ2n) is 5.23. The molecule has 0 saturated heterocycles. The number of imidazole rings is 1. The fraction of sp³-hybridized carbons (Fsp3) is 0.571. The van der Waals surface area contributed by atoms with Gasteiger partial charge in [-0.15, -0.1) is 0 Å². The highest BCUT2D eigenvalue weighted by Crippen LogP contribution is 2.30. The zero-order valence-corrected chi connectivity index (χ0v) is 13.6. The molecule has 0 spiro atoms. The van der Waals surface area contributed by atoms with Gasteiger partial charge in [-0.3, -0.25) is 9.36 Å². The molecular weight excluding hydrogens is 343 g/mol. The highest BCUT2D eigenvalue weighted by molar-refractivity contribution is 5.71. The predicted molar refractivity (Wildman–Crippen MR) is 81.0 cm³/mol. The van der Waals surface area contributed by atoms with E-state index in [0.717, 1.165) is 4.57 Å². The van der Waals surface area contributed by atoms with Gasteiger partial charge in [0.2, 0.25) is 5.82 Å². The number of alkyl halides is 3. The van der Waals surface area contributed by atoms with Gasteiger partial charge in [-0.05, 0) is 6.42 Å². The molecule has 2 heterocycles. The number of halogens is 3. The van der Waals surface area contributed by atoms with E-state index in [1.54, 1.807) is 13.0 Å². The quantitative estimate of drug-likeness (QED) is 0.766. The number of rotatable bonds is 6. The van der Waals surface area contributed by atoms with E-state index in [-0.39, 0.29) is 30.9 Å². The second kappa shape index (κ2) is 7.10. The zero-order chi connectivity index (χ0) is 18.8. The van der Waals surface area contributed by atoms with Crippen molar-refractivity contribution in [2.24, 2.45) is 0 Å². The minimum absolute atomic E-state index is 0.0691. The van der Waals surface area contributed by atoms with Crippen molar-refractivity contribution in [3.05, 3.63) is 26.7 Å². The van der Waals surface area contributed by atoms with Gasteiger partial charge < -0.3 is 9.30 Å². The fourth-order valence-electron chi connectivity index (χ4n) is 2.54. The largest absolute Gasteiger partial charge is 0.449 e. The van der Waals surface area contributed by atoms with Crippen LogP contribution in [0.1, 0.15) is 19.2 Å². The molecule has 0 aliphatic rings. The molecular formula is C14H16F3N5O3. The standard InChI is InChI=1S/C14H16F3N5O3/c1-3-5-21-10-9(11(23)22(6-4-18)13(21)24)20(7-8-25-2)12(19-10)14(15,16)17/h3,5-8H2,1-2H3. The van der Waals surface area contributed by atoms with Crippen LogP contribution in [0.15, 0.2) is 9.59 Å². The van der Waals surface area contributed by atoms with Crippen molar-refractivity contribution >= 4 is 11.2 Å². The molecule has 2 aromatic heterocycles. The summed E-state index contributed by atoms with van der Waals surface area (Å²) >= 11 is 0. The van der Waals surface area contributed by atoms with Crippen molar-refractivity contribution in [3.8, 4) is 6.07 Å². The van der Waals surface area contributed by atoms with Crippen LogP contribution in [0.25, 0.3) is 11.2 Å². The van der Waals surface area contributed by atoms with Crippen LogP contribution in [0.3, 0.4) is 0 Å². The number of hydrogen-bond donors (Lipinski definition) is 0. The van der Waals surface area contributed by atoms with Crippen molar-refractivity contribution in [2.45, 2.75) is 39.2 Å². The Bertz CT molecular complexity index is 933. The van der Waals surface area contributed by atoms with Gasteiger partial charge in [-0.2, -0.15) is 18.4 Å². The zero-order valence-electron chi connectivity index (χ0n) is 13.6. The van der Waals surface area contributed by atoms with Gasteiger partial charge in [0.1, 0.15) is 6.54 Å². The summed E-state index contributed by atoms with van der Waals surface area (Å²) in [6.45, 7) is 0.880. The Morgan fingerprint density at radius 2 is 1.88 bits per heavy atom. The van der Waals surface area contributed by atoms with Crippen molar-refractivity contribution in [3.63, 3.8) is 0 Å². The summed E-state index contributed by atoms with van der Waals surface area (Å²) in [5, 5.41) is 8.83. The Hall–Kier alpha value is -2.61. The van der Waals surface area contributed by atoms with Gasteiger partial charge in [0, 0.05) is 20.2 Å². The van der Waals surface area contributed by atoms with Gasteiger partial charge in [0.25, 0.3) is 5.56 Å². The monoisotopic (exact) mass is 359 g/mol. The Morgan fingerprint density at radius 1 is 1.20 bits per heavy atom. The van der Waals surface area contributed by atoms with E-state index in [2.05, 4.69) is 4.98 Å². The molecule has 0 N–H and O–H groups in total. The first kappa shape index (κ1) is 18.7. The third-order valence-corrected chi connectivity index (χ3v) is 3.56. The normalized spacial score (nSPS) is 11.8. The van der Waals surface area contributed by atoms with Crippen molar-refractivity contribution in [1.82, 2.24) is 18.7 Å². The van der Waals surface area contributed by atoms with Crippen molar-refractivity contribution in [2.75, 3.05) is 13.7 Å². The van der Waals surface area contributed by atoms with Crippen molar-refractivity contribution in [1.29, 1.82) is 5.26 Å². The molecule has 0 atom stereocenters. The third kappa shape index (κ3) is 3.30. The maximum Gasteiger partial charge on any atom is 0.449 e. The van der Waals surface area contributed by atoms with Crippen LogP contribution in [0.4, 0.5) is 13.2 Å². The molecule has 2 aromatic rings. The number of ether oxygens (including phenoxy) is 1. The lowest BCUT2D eigenvalue weighted by Crippen LogP contribution is -2.40. The van der Waals surface area contributed by atoms with E-state index >= 15 is 0 Å². The average Bonchev–Trinajstić information content (AvgIpc) is 2.93. The molecule has 0 aliphatic carbocycles. The summed E-state index contributed by atoms with van der Waals surface area (Å²) in [5.41, 5.74) is -2.54. The number of aromatic nitrogens is 4. The first-order valence-corrected chi connectivity index (χ1v) is 7.44. The summed E-state index contributed by atoms with van der Waals surface area (Å²) in [7, 11) is 1.31. The smallest absolute Gasteiger partial charge is 0.383 e. The van der Waals surface area contributed by atoms with E-state index in [0.29, 0.717) is 15.6 Å². The van der Waals surface area contributed by atoms with Gasteiger partial charge in [0.05, 0.1) is 12.7 Å². The van der Waals surface area contributed by atoms with Crippen LogP contribution in [0, 0.1) is 11.3 Å². The van der Waals surface area contributed by atoms with Gasteiger partial charge >= 0.3 is 11.9 Å². The molecule has 0 radical (unpaired) electrons. The summed E-state index contributed by atoms with van der Waals surface area (Å²) < 4.78 is 47.1. The van der Waals surface area contributed by atoms with Gasteiger partial charge in [-0.25, -0.2) is 14.3 Å². The maximum absolute atomic E-state index is 13.3. The van der Waals surface area contributed by atoms with Crippen LogP contribution in [-0.2, 0) is 30.5 Å². The molecule has 25 heavy (non-hydrogen) atoms. The van der Waals surface area contributed by atoms with Crippen molar-refractivity contribution < 1.29 is 17.9 Å². The molecule has 0 saturated carbocycles. The average molecular weight is 359 g/mol. The molecule has 8 nitrogen and oxygen atoms in total. The number of nitrogens with zero attached hydrogens (tertiary/aromatic N) is 5. The maximum atomic E-state index is 13.3. The molecule has 0 amide bonds. The lowest BCUT2D eigenvalue weighted by Gasteiger charge is -2.11. The Balaban J connectivity index is 2.98. The van der Waals surface area contributed by atoms with Gasteiger partial charge in [-0.1, -0.05) is 6.92 Å². The minimum Gasteiger partial charge on any atom is -0.383 e. The molecule has 0 fully saturated rings. The Labute approximate surface area is 139 Å². The topological polar surface area (TPSA) is 94.8 Å². The highest BCUT2D eigenvalue weighted by Gasteiger charge is 2.39. The molecule has 0 bridgehead atoms. The Kier molecular flexibility index (Phi) is 5.32. The molecule has 0 aliphatic heterocycles. The van der Waals surface area contributed by atoms with E-state index < -0.39 is 29.8 Å². The highest BCUT2D eigenvalue weighted by atomic mass is 19.4. The number of hydrogen-bond acceptors (Lipinski definition) is 5. The van der Waals surface area contributed by atoms with Gasteiger partial charge in [0.15, 0.2) is 11.2 Å². The van der Waals surface area contributed by atoms with E-state index in [1.807, 2.05) is 0 Å². The summed E-state index contributed by atoms with van der Waals surface area (Å²) in [5.74, 6) is -1.28. The lowest BCUT2D eigenvalue weighted by atomic mass is 10.4. The van der Waals surface area contributed by atoms with Crippen LogP contribution in [0.5, 0.6) is 0 Å². The number of nitriles is 1. The summed E-state index contributed by atoms with van der Waals surface area (Å²) in [6.07, 6.45) is -4.38.